The molecule has 3 rings (SSSR count). The van der Waals surface area contributed by atoms with E-state index in [1.165, 1.54) is 12.1 Å². The molecule has 0 amide bonds. The van der Waals surface area contributed by atoms with E-state index in [1.807, 2.05) is 6.07 Å². The Morgan fingerprint density at radius 1 is 1.04 bits per heavy atom. The van der Waals surface area contributed by atoms with Crippen LogP contribution in [0.25, 0.3) is 0 Å². The normalized spacial score (nSPS) is 16.1. The van der Waals surface area contributed by atoms with Gasteiger partial charge >= 0.3 is 6.18 Å². The van der Waals surface area contributed by atoms with Gasteiger partial charge in [0.25, 0.3) is 0 Å². The molecule has 1 aliphatic heterocycles. The summed E-state index contributed by atoms with van der Waals surface area (Å²) in [5.41, 5.74) is -0.164. The molecule has 0 spiro atoms. The highest BCUT2D eigenvalue weighted by Gasteiger charge is 2.29. The molecule has 1 N–H and O–H groups in total. The van der Waals surface area contributed by atoms with Crippen LogP contribution in [0.4, 0.5) is 30.6 Å². The second-order valence-corrected chi connectivity index (χ2v) is 5.86. The van der Waals surface area contributed by atoms with Gasteiger partial charge in [-0.3, -0.25) is 0 Å². The van der Waals surface area contributed by atoms with Crippen LogP contribution < -0.4 is 10.2 Å². The highest BCUT2D eigenvalue weighted by Crippen LogP contribution is 2.30. The molecule has 1 aromatic carbocycles. The third-order valence-electron chi connectivity index (χ3n) is 4.25. The van der Waals surface area contributed by atoms with E-state index in [1.54, 1.807) is 6.20 Å². The van der Waals surface area contributed by atoms with Crippen LogP contribution in [0.2, 0.25) is 0 Å². The topological polar surface area (TPSA) is 44.3 Å². The summed E-state index contributed by atoms with van der Waals surface area (Å²) in [7, 11) is 0. The lowest BCUT2D eigenvalue weighted by atomic mass is 10.2. The molecule has 1 fully saturated rings. The van der Waals surface area contributed by atoms with Gasteiger partial charge in [0, 0.05) is 38.1 Å². The SMILES string of the molecule is CCN1CCN(c2ccnc(Nc3ccc(C(F)(F)F)cc3)n2)CC1. The van der Waals surface area contributed by atoms with E-state index in [0.29, 0.717) is 11.6 Å². The lowest BCUT2D eigenvalue weighted by Gasteiger charge is -2.34. The standard InChI is InChI=1S/C17H20F3N5/c1-2-24-9-11-25(12-10-24)15-7-8-21-16(23-15)22-14-5-3-13(4-6-14)17(18,19)20/h3-8H,2,9-12H2,1H3,(H,21,22,23). The Hall–Kier alpha value is -2.35. The molecule has 1 aliphatic rings. The molecule has 8 heteroatoms. The van der Waals surface area contributed by atoms with Gasteiger partial charge in [-0.15, -0.1) is 0 Å². The molecule has 25 heavy (non-hydrogen) atoms. The Bertz CT molecular complexity index is 694. The van der Waals surface area contributed by atoms with Crippen molar-refractivity contribution >= 4 is 17.5 Å². The predicted octanol–water partition coefficient (Wildman–Crippen LogP) is 3.38. The van der Waals surface area contributed by atoms with Crippen molar-refractivity contribution in [3.8, 4) is 0 Å². The fraction of sp³-hybridized carbons (Fsp3) is 0.412. The predicted molar refractivity (Wildman–Crippen MR) is 91.1 cm³/mol. The summed E-state index contributed by atoms with van der Waals surface area (Å²) in [5.74, 6) is 1.19. The minimum absolute atomic E-state index is 0.371. The largest absolute Gasteiger partial charge is 0.416 e. The van der Waals surface area contributed by atoms with Crippen molar-refractivity contribution in [3.05, 3.63) is 42.1 Å². The molecule has 0 unspecified atom stereocenters. The van der Waals surface area contributed by atoms with Crippen molar-refractivity contribution in [1.82, 2.24) is 14.9 Å². The Labute approximate surface area is 144 Å². The number of nitrogens with one attached hydrogen (secondary N) is 1. The molecular formula is C17H20F3N5. The molecule has 5 nitrogen and oxygen atoms in total. The zero-order valence-electron chi connectivity index (χ0n) is 13.9. The van der Waals surface area contributed by atoms with Gasteiger partial charge < -0.3 is 15.1 Å². The number of nitrogens with zero attached hydrogens (tertiary/aromatic N) is 4. The van der Waals surface area contributed by atoms with Crippen LogP contribution in [0.3, 0.4) is 0 Å². The van der Waals surface area contributed by atoms with Crippen LogP contribution in [-0.2, 0) is 6.18 Å². The molecule has 0 bridgehead atoms. The fourth-order valence-corrected chi connectivity index (χ4v) is 2.75. The van der Waals surface area contributed by atoms with Crippen LogP contribution in [0.1, 0.15) is 12.5 Å². The van der Waals surface area contributed by atoms with Gasteiger partial charge in [-0.25, -0.2) is 4.98 Å². The second kappa shape index (κ2) is 7.26. The van der Waals surface area contributed by atoms with Gasteiger partial charge in [0.15, 0.2) is 0 Å². The summed E-state index contributed by atoms with van der Waals surface area (Å²) in [6, 6.07) is 6.67. The van der Waals surface area contributed by atoms with Gasteiger partial charge in [0.2, 0.25) is 5.95 Å². The first kappa shape index (κ1) is 17.5. The van der Waals surface area contributed by atoms with E-state index in [4.69, 9.17) is 0 Å². The molecule has 2 aromatic rings. The van der Waals surface area contributed by atoms with Gasteiger partial charge in [-0.2, -0.15) is 18.2 Å². The third-order valence-corrected chi connectivity index (χ3v) is 4.25. The van der Waals surface area contributed by atoms with Crippen molar-refractivity contribution in [2.24, 2.45) is 0 Å². The summed E-state index contributed by atoms with van der Waals surface area (Å²) in [6.45, 7) is 6.95. The number of likely N-dealkylation sites (N-methyl/N-ethyl adjacent to an activating group) is 1. The van der Waals surface area contributed by atoms with Gasteiger partial charge in [0.1, 0.15) is 5.82 Å². The zero-order valence-corrected chi connectivity index (χ0v) is 13.9. The van der Waals surface area contributed by atoms with Crippen molar-refractivity contribution in [2.75, 3.05) is 42.9 Å². The number of hydrogen-bond donors (Lipinski definition) is 1. The second-order valence-electron chi connectivity index (χ2n) is 5.86. The quantitative estimate of drug-likeness (QED) is 0.915. The van der Waals surface area contributed by atoms with Crippen LogP contribution in [0, 0.1) is 0 Å². The number of halogens is 3. The number of alkyl halides is 3. The summed E-state index contributed by atoms with van der Waals surface area (Å²) < 4.78 is 37.8. The fourth-order valence-electron chi connectivity index (χ4n) is 2.75. The lowest BCUT2D eigenvalue weighted by molar-refractivity contribution is -0.137. The van der Waals surface area contributed by atoms with Crippen LogP contribution in [0.5, 0.6) is 0 Å². The molecule has 2 heterocycles. The number of hydrogen-bond acceptors (Lipinski definition) is 5. The minimum atomic E-state index is -4.34. The number of anilines is 3. The Balaban J connectivity index is 1.68. The van der Waals surface area contributed by atoms with Crippen molar-refractivity contribution in [2.45, 2.75) is 13.1 Å². The van der Waals surface area contributed by atoms with Gasteiger partial charge in [-0.05, 0) is 36.9 Å². The first-order chi connectivity index (χ1) is 12.0. The van der Waals surface area contributed by atoms with E-state index in [0.717, 1.165) is 50.7 Å². The van der Waals surface area contributed by atoms with Crippen molar-refractivity contribution < 1.29 is 13.2 Å². The molecule has 0 atom stereocenters. The monoisotopic (exact) mass is 351 g/mol. The van der Waals surface area contributed by atoms with E-state index >= 15 is 0 Å². The summed E-state index contributed by atoms with van der Waals surface area (Å²) >= 11 is 0. The molecule has 0 saturated carbocycles. The average molecular weight is 351 g/mol. The van der Waals surface area contributed by atoms with Gasteiger partial charge in [0.05, 0.1) is 5.56 Å². The van der Waals surface area contributed by atoms with Crippen LogP contribution in [0.15, 0.2) is 36.5 Å². The molecule has 134 valence electrons. The lowest BCUT2D eigenvalue weighted by Crippen LogP contribution is -2.46. The molecule has 1 saturated heterocycles. The van der Waals surface area contributed by atoms with Crippen molar-refractivity contribution in [1.29, 1.82) is 0 Å². The smallest absolute Gasteiger partial charge is 0.354 e. The summed E-state index contributed by atoms with van der Waals surface area (Å²) in [6.07, 6.45) is -2.68. The Kier molecular flexibility index (Phi) is 5.08. The van der Waals surface area contributed by atoms with Crippen molar-refractivity contribution in [3.63, 3.8) is 0 Å². The third kappa shape index (κ3) is 4.39. The molecular weight excluding hydrogens is 331 g/mol. The maximum atomic E-state index is 12.6. The maximum Gasteiger partial charge on any atom is 0.416 e. The maximum absolute atomic E-state index is 12.6. The number of benzene rings is 1. The highest BCUT2D eigenvalue weighted by atomic mass is 19.4. The van der Waals surface area contributed by atoms with Gasteiger partial charge in [-0.1, -0.05) is 6.92 Å². The highest BCUT2D eigenvalue weighted by molar-refractivity contribution is 5.55. The average Bonchev–Trinajstić information content (AvgIpc) is 2.62. The number of aromatic nitrogens is 2. The summed E-state index contributed by atoms with van der Waals surface area (Å²) in [5, 5.41) is 2.96. The zero-order chi connectivity index (χ0) is 17.9. The number of piperazine rings is 1. The van der Waals surface area contributed by atoms with Crippen LogP contribution in [-0.4, -0.2) is 47.6 Å². The molecule has 0 aliphatic carbocycles. The Morgan fingerprint density at radius 3 is 2.32 bits per heavy atom. The Morgan fingerprint density at radius 2 is 1.72 bits per heavy atom. The molecule has 1 aromatic heterocycles. The van der Waals surface area contributed by atoms with E-state index in [-0.39, 0.29) is 0 Å². The minimum Gasteiger partial charge on any atom is -0.354 e. The van der Waals surface area contributed by atoms with Crippen LogP contribution >= 0.6 is 0 Å². The summed E-state index contributed by atoms with van der Waals surface area (Å²) in [4.78, 5) is 13.2. The van der Waals surface area contributed by atoms with E-state index in [9.17, 15) is 13.2 Å². The van der Waals surface area contributed by atoms with E-state index in [2.05, 4.69) is 32.0 Å². The first-order valence-electron chi connectivity index (χ1n) is 8.20. The van der Waals surface area contributed by atoms with E-state index < -0.39 is 11.7 Å². The first-order valence-corrected chi connectivity index (χ1v) is 8.20. The number of rotatable bonds is 4. The molecule has 0 radical (unpaired) electrons.